The first-order chi connectivity index (χ1) is 10.8. The molecule has 0 amide bonds. The minimum absolute atomic E-state index is 0.277. The van der Waals surface area contributed by atoms with Crippen LogP contribution in [0.3, 0.4) is 0 Å². The van der Waals surface area contributed by atoms with Crippen molar-refractivity contribution in [2.24, 2.45) is 23.7 Å². The molecule has 1 heterocycles. The minimum Gasteiger partial charge on any atom is -0.290 e. The predicted octanol–water partition coefficient (Wildman–Crippen LogP) is 4.58. The van der Waals surface area contributed by atoms with Crippen molar-refractivity contribution in [3.05, 3.63) is 35.9 Å². The predicted molar refractivity (Wildman–Crippen MR) is 87.0 cm³/mol. The Morgan fingerprint density at radius 3 is 2.23 bits per heavy atom. The maximum atomic E-state index is 6.51. The monoisotopic (exact) mass is 297 g/mol. The first-order valence-electron chi connectivity index (χ1n) is 9.29. The molecule has 1 atom stereocenters. The van der Waals surface area contributed by atoms with Crippen molar-refractivity contribution < 1.29 is 4.84 Å². The number of hydroxylamine groups is 2. The average molecular weight is 297 g/mol. The van der Waals surface area contributed by atoms with E-state index < -0.39 is 0 Å². The van der Waals surface area contributed by atoms with Gasteiger partial charge in [0.25, 0.3) is 0 Å². The Morgan fingerprint density at radius 1 is 1.00 bits per heavy atom. The molecule has 1 saturated heterocycles. The lowest BCUT2D eigenvalue weighted by Crippen LogP contribution is -2.63. The van der Waals surface area contributed by atoms with E-state index in [4.69, 9.17) is 4.84 Å². The molecule has 1 aliphatic heterocycles. The molecule has 0 radical (unpaired) electrons. The summed E-state index contributed by atoms with van der Waals surface area (Å²) >= 11 is 0. The van der Waals surface area contributed by atoms with Gasteiger partial charge in [-0.2, -0.15) is 5.06 Å². The maximum absolute atomic E-state index is 6.51. The molecular weight excluding hydrogens is 270 g/mol. The van der Waals surface area contributed by atoms with Crippen LogP contribution in [0.2, 0.25) is 0 Å². The van der Waals surface area contributed by atoms with Crippen LogP contribution in [0.4, 0.5) is 0 Å². The Bertz CT molecular complexity index is 526. The first kappa shape index (κ1) is 13.6. The Hall–Kier alpha value is -0.860. The molecule has 5 fully saturated rings. The maximum Gasteiger partial charge on any atom is 0.106 e. The third-order valence-electron chi connectivity index (χ3n) is 7.24. The second kappa shape index (κ2) is 4.82. The summed E-state index contributed by atoms with van der Waals surface area (Å²) in [6.45, 7) is 3.31. The van der Waals surface area contributed by atoms with Crippen molar-refractivity contribution in [1.82, 2.24) is 5.06 Å². The van der Waals surface area contributed by atoms with Gasteiger partial charge in [-0.3, -0.25) is 4.84 Å². The molecule has 1 aromatic rings. The Labute approximate surface area is 133 Å². The highest BCUT2D eigenvalue weighted by atomic mass is 16.7. The Morgan fingerprint density at radius 2 is 1.64 bits per heavy atom. The summed E-state index contributed by atoms with van der Waals surface area (Å²) in [5, 5.41) is 2.43. The zero-order valence-electron chi connectivity index (χ0n) is 13.6. The van der Waals surface area contributed by atoms with Crippen molar-refractivity contribution in [2.45, 2.75) is 57.1 Å². The molecule has 22 heavy (non-hydrogen) atoms. The lowest BCUT2D eigenvalue weighted by Gasteiger charge is -2.61. The first-order valence-corrected chi connectivity index (χ1v) is 9.29. The van der Waals surface area contributed by atoms with Crippen molar-refractivity contribution in [2.75, 3.05) is 6.54 Å². The average Bonchev–Trinajstić information content (AvgIpc) is 2.93. The van der Waals surface area contributed by atoms with E-state index in [1.165, 1.54) is 44.1 Å². The third-order valence-corrected chi connectivity index (χ3v) is 7.24. The summed E-state index contributed by atoms with van der Waals surface area (Å²) in [6.07, 6.45) is 8.89. The van der Waals surface area contributed by atoms with Crippen LogP contribution in [0.1, 0.15) is 57.1 Å². The minimum atomic E-state index is 0.277. The zero-order chi connectivity index (χ0) is 14.7. The van der Waals surface area contributed by atoms with Crippen LogP contribution >= 0.6 is 0 Å². The highest BCUT2D eigenvalue weighted by Gasteiger charge is 2.63. The lowest BCUT2D eigenvalue weighted by atomic mass is 9.47. The van der Waals surface area contributed by atoms with Gasteiger partial charge in [0.15, 0.2) is 0 Å². The van der Waals surface area contributed by atoms with E-state index in [1.54, 1.807) is 0 Å². The zero-order valence-corrected chi connectivity index (χ0v) is 13.6. The van der Waals surface area contributed by atoms with Crippen molar-refractivity contribution in [1.29, 1.82) is 0 Å². The van der Waals surface area contributed by atoms with Gasteiger partial charge in [-0.25, -0.2) is 0 Å². The summed E-state index contributed by atoms with van der Waals surface area (Å²) in [6, 6.07) is 10.9. The van der Waals surface area contributed by atoms with Gasteiger partial charge in [0.2, 0.25) is 0 Å². The van der Waals surface area contributed by atoms with Gasteiger partial charge >= 0.3 is 0 Å². The van der Waals surface area contributed by atoms with Crippen LogP contribution in [-0.2, 0) is 4.84 Å². The van der Waals surface area contributed by atoms with Gasteiger partial charge in [-0.15, -0.1) is 0 Å². The fourth-order valence-electron chi connectivity index (χ4n) is 6.64. The summed E-state index contributed by atoms with van der Waals surface area (Å²) in [5.74, 6) is 3.83. The number of rotatable bonds is 2. The summed E-state index contributed by atoms with van der Waals surface area (Å²) in [7, 11) is 0. The smallest absolute Gasteiger partial charge is 0.106 e. The molecule has 4 saturated carbocycles. The third kappa shape index (κ3) is 1.74. The van der Waals surface area contributed by atoms with E-state index in [2.05, 4.69) is 42.3 Å². The number of benzene rings is 1. The molecule has 4 aliphatic carbocycles. The van der Waals surface area contributed by atoms with Crippen LogP contribution in [-0.4, -0.2) is 17.1 Å². The molecule has 1 unspecified atom stereocenters. The van der Waals surface area contributed by atoms with Crippen molar-refractivity contribution in [3.8, 4) is 0 Å². The number of hydrogen-bond acceptors (Lipinski definition) is 2. The van der Waals surface area contributed by atoms with Gasteiger partial charge < -0.3 is 0 Å². The van der Waals surface area contributed by atoms with E-state index in [0.29, 0.717) is 5.54 Å². The van der Waals surface area contributed by atoms with Crippen LogP contribution in [0, 0.1) is 23.7 Å². The second-order valence-electron chi connectivity index (χ2n) is 8.20. The van der Waals surface area contributed by atoms with Gasteiger partial charge in [0.1, 0.15) is 6.10 Å². The summed E-state index contributed by atoms with van der Waals surface area (Å²) in [4.78, 5) is 6.51. The Kier molecular flexibility index (Phi) is 2.97. The molecule has 6 rings (SSSR count). The quantitative estimate of drug-likeness (QED) is 0.792. The molecule has 0 aromatic heterocycles. The molecule has 0 N–H and O–H groups in total. The molecule has 1 aromatic carbocycles. The molecule has 4 bridgehead atoms. The Balaban J connectivity index is 1.51. The van der Waals surface area contributed by atoms with Crippen LogP contribution in [0.5, 0.6) is 0 Å². The summed E-state index contributed by atoms with van der Waals surface area (Å²) < 4.78 is 0. The van der Waals surface area contributed by atoms with E-state index in [-0.39, 0.29) is 6.10 Å². The number of hydrogen-bond donors (Lipinski definition) is 0. The SMILES string of the molecule is CCN1OC(c2ccccc2)CC12C1CC3CC(C1)CC2C3. The molecule has 2 nitrogen and oxygen atoms in total. The topological polar surface area (TPSA) is 12.5 Å². The fraction of sp³-hybridized carbons (Fsp3) is 0.700. The van der Waals surface area contributed by atoms with E-state index >= 15 is 0 Å². The van der Waals surface area contributed by atoms with E-state index in [1.807, 2.05) is 0 Å². The van der Waals surface area contributed by atoms with Gasteiger partial charge in [0.05, 0.1) is 5.54 Å². The molecular formula is C20H27NO. The van der Waals surface area contributed by atoms with Crippen LogP contribution in [0.15, 0.2) is 30.3 Å². The van der Waals surface area contributed by atoms with Crippen molar-refractivity contribution in [3.63, 3.8) is 0 Å². The normalized spacial score (nSPS) is 46.7. The van der Waals surface area contributed by atoms with Gasteiger partial charge in [-0.05, 0) is 61.3 Å². The fourth-order valence-corrected chi connectivity index (χ4v) is 6.64. The van der Waals surface area contributed by atoms with E-state index in [9.17, 15) is 0 Å². The summed E-state index contributed by atoms with van der Waals surface area (Å²) in [5.41, 5.74) is 1.72. The van der Waals surface area contributed by atoms with Gasteiger partial charge in [-0.1, -0.05) is 37.3 Å². The molecule has 1 spiro atoms. The van der Waals surface area contributed by atoms with Crippen molar-refractivity contribution >= 4 is 0 Å². The highest BCUT2D eigenvalue weighted by molar-refractivity contribution is 5.22. The van der Waals surface area contributed by atoms with E-state index in [0.717, 1.165) is 30.2 Å². The van der Waals surface area contributed by atoms with Crippen LogP contribution < -0.4 is 0 Å². The molecule has 5 aliphatic rings. The lowest BCUT2D eigenvalue weighted by molar-refractivity contribution is -0.241. The highest BCUT2D eigenvalue weighted by Crippen LogP contribution is 2.64. The molecule has 118 valence electrons. The van der Waals surface area contributed by atoms with Gasteiger partial charge in [0, 0.05) is 13.0 Å². The standard InChI is InChI=1S/C20H27NO/c1-2-21-20(13-19(22-21)16-6-4-3-5-7-16)17-9-14-8-15(11-17)12-18(20)10-14/h3-7,14-15,17-19H,2,8-13H2,1H3. The molecule has 2 heteroatoms. The largest absolute Gasteiger partial charge is 0.290 e. The number of nitrogens with zero attached hydrogens (tertiary/aromatic N) is 1. The van der Waals surface area contributed by atoms with Crippen LogP contribution in [0.25, 0.3) is 0 Å². The second-order valence-corrected chi connectivity index (χ2v) is 8.20.